The molecule has 1 saturated heterocycles. The van der Waals surface area contributed by atoms with E-state index in [9.17, 15) is 29.1 Å². The molecule has 1 aromatic rings. The van der Waals surface area contributed by atoms with Gasteiger partial charge < -0.3 is 19.7 Å². The number of aliphatic carboxylic acids is 1. The van der Waals surface area contributed by atoms with Crippen molar-refractivity contribution >= 4 is 69.5 Å². The van der Waals surface area contributed by atoms with Gasteiger partial charge in [-0.2, -0.15) is 0 Å². The summed E-state index contributed by atoms with van der Waals surface area (Å²) in [5, 5.41) is 14.3. The van der Waals surface area contributed by atoms with Gasteiger partial charge in [-0.25, -0.2) is 4.79 Å². The van der Waals surface area contributed by atoms with Crippen LogP contribution in [0.15, 0.2) is 39.2 Å². The number of nitrogens with zero attached hydrogens (tertiary/aromatic N) is 2. The zero-order chi connectivity index (χ0) is 23.4. The summed E-state index contributed by atoms with van der Waals surface area (Å²) in [6.07, 6.45) is 1.35. The van der Waals surface area contributed by atoms with Gasteiger partial charge in [0.1, 0.15) is 24.2 Å². The number of hydrogen-bond acceptors (Lipinski definition) is 10. The van der Waals surface area contributed by atoms with Crippen molar-refractivity contribution in [3.63, 3.8) is 0 Å². The van der Waals surface area contributed by atoms with E-state index < -0.39 is 46.6 Å². The van der Waals surface area contributed by atoms with E-state index in [1.807, 2.05) is 0 Å². The molecule has 2 amide bonds. The zero-order valence-electron chi connectivity index (χ0n) is 16.4. The number of amides is 2. The van der Waals surface area contributed by atoms with Crippen LogP contribution in [0.4, 0.5) is 0 Å². The molecule has 14 heteroatoms. The molecule has 2 N–H and O–H groups in total. The van der Waals surface area contributed by atoms with E-state index in [1.54, 1.807) is 6.07 Å². The number of β-lactam (4-membered cyclic amide) rings is 1. The Bertz CT molecular complexity index is 1020. The predicted octanol–water partition coefficient (Wildman–Crippen LogP) is 0.702. The second kappa shape index (κ2) is 10.2. The lowest BCUT2D eigenvalue weighted by Crippen LogP contribution is -2.71. The maximum absolute atomic E-state index is 12.7. The molecule has 170 valence electrons. The molecule has 1 fully saturated rings. The van der Waals surface area contributed by atoms with Crippen molar-refractivity contribution in [2.45, 2.75) is 11.4 Å². The lowest BCUT2D eigenvalue weighted by atomic mass is 10.0. The number of ketones is 1. The number of thioether (sulfide) groups is 2. The van der Waals surface area contributed by atoms with E-state index in [4.69, 9.17) is 16.0 Å². The Morgan fingerprint density at radius 2 is 2.19 bits per heavy atom. The van der Waals surface area contributed by atoms with E-state index in [1.165, 1.54) is 24.1 Å². The minimum Gasteiger partial charge on any atom is -0.477 e. The molecule has 32 heavy (non-hydrogen) atoms. The van der Waals surface area contributed by atoms with Crippen LogP contribution in [0.2, 0.25) is 0 Å². The number of furan rings is 1. The van der Waals surface area contributed by atoms with Crippen molar-refractivity contribution < 1.29 is 38.3 Å². The Kier molecular flexibility index (Phi) is 7.64. The molecular formula is C18H16ClN3O8S2. The highest BCUT2D eigenvalue weighted by Crippen LogP contribution is 2.41. The Hall–Kier alpha value is -2.77. The Morgan fingerprint density at radius 1 is 1.44 bits per heavy atom. The summed E-state index contributed by atoms with van der Waals surface area (Å²) in [6, 6.07) is 1.99. The van der Waals surface area contributed by atoms with Crippen molar-refractivity contribution in [2.24, 2.45) is 5.16 Å². The quantitative estimate of drug-likeness (QED) is 0.162. The van der Waals surface area contributed by atoms with E-state index in [2.05, 4.69) is 15.3 Å². The first-order valence-corrected chi connectivity index (χ1v) is 11.5. The second-order valence-corrected chi connectivity index (χ2v) is 8.67. The first kappa shape index (κ1) is 23.9. The maximum Gasteiger partial charge on any atom is 0.352 e. The van der Waals surface area contributed by atoms with Gasteiger partial charge in [0.2, 0.25) is 11.5 Å². The van der Waals surface area contributed by atoms with Crippen LogP contribution in [0, 0.1) is 0 Å². The Morgan fingerprint density at radius 3 is 2.78 bits per heavy atom. The first-order chi connectivity index (χ1) is 15.3. The van der Waals surface area contributed by atoms with Gasteiger partial charge in [-0.15, -0.1) is 23.4 Å². The van der Waals surface area contributed by atoms with Gasteiger partial charge in [0.15, 0.2) is 5.76 Å². The van der Waals surface area contributed by atoms with Crippen molar-refractivity contribution in [3.05, 3.63) is 35.4 Å². The van der Waals surface area contributed by atoms with Gasteiger partial charge in [0, 0.05) is 11.5 Å². The third-order valence-electron chi connectivity index (χ3n) is 4.42. The van der Waals surface area contributed by atoms with Crippen LogP contribution in [-0.2, 0) is 24.0 Å². The number of carboxylic acids is 1. The number of fused-ring (bicyclic) bond motifs is 1. The number of alkyl halides is 1. The van der Waals surface area contributed by atoms with Crippen molar-refractivity contribution in [1.29, 1.82) is 0 Å². The molecule has 11 nitrogen and oxygen atoms in total. The van der Waals surface area contributed by atoms with Gasteiger partial charge in [0.25, 0.3) is 16.9 Å². The van der Waals surface area contributed by atoms with Crippen LogP contribution in [0.3, 0.4) is 0 Å². The summed E-state index contributed by atoms with van der Waals surface area (Å²) in [7, 11) is 1.14. The third kappa shape index (κ3) is 4.69. The highest BCUT2D eigenvalue weighted by Gasteiger charge is 2.54. The molecular weight excluding hydrogens is 486 g/mol. The molecule has 0 radical (unpaired) electrons. The average Bonchev–Trinajstić information content (AvgIpc) is 3.33. The van der Waals surface area contributed by atoms with Gasteiger partial charge in [-0.1, -0.05) is 16.9 Å². The van der Waals surface area contributed by atoms with Crippen LogP contribution < -0.4 is 5.32 Å². The lowest BCUT2D eigenvalue weighted by Gasteiger charge is -2.49. The highest BCUT2D eigenvalue weighted by molar-refractivity contribution is 8.14. The van der Waals surface area contributed by atoms with E-state index in [-0.39, 0.29) is 28.1 Å². The first-order valence-electron chi connectivity index (χ1n) is 8.92. The highest BCUT2D eigenvalue weighted by atomic mass is 35.5. The molecule has 0 aromatic carbocycles. The fourth-order valence-corrected chi connectivity index (χ4v) is 5.40. The number of carbonyl (C=O) groups is 5. The number of carbonyl (C=O) groups excluding carboxylic acids is 4. The van der Waals surface area contributed by atoms with E-state index in [0.29, 0.717) is 5.57 Å². The standard InChI is InChI=1S/C18H16ClN3O8S2/c1-29-21-11(9(23)5-19)14(24)20-12-15(25)22-13(17(26)27)8(6-31-16(12)22)7-32-18(28)10-3-2-4-30-10/h2-4,12,16H,5-7H2,1H3,(H,20,24)(H,26,27)/t12?,16-/m1/s1. The summed E-state index contributed by atoms with van der Waals surface area (Å²) in [5.41, 5.74) is -0.440. The fraction of sp³-hybridized carbons (Fsp3) is 0.333. The molecule has 0 saturated carbocycles. The molecule has 0 spiro atoms. The summed E-state index contributed by atoms with van der Waals surface area (Å²) >= 11 is 7.54. The number of hydrogen-bond donors (Lipinski definition) is 2. The van der Waals surface area contributed by atoms with E-state index >= 15 is 0 Å². The van der Waals surface area contributed by atoms with Crippen LogP contribution in [0.5, 0.6) is 0 Å². The second-order valence-electron chi connectivity index (χ2n) is 6.35. The van der Waals surface area contributed by atoms with Crippen molar-refractivity contribution in [3.8, 4) is 0 Å². The number of carboxylic acid groups (broad SMARTS) is 1. The molecule has 2 aliphatic rings. The number of nitrogens with one attached hydrogen (secondary N) is 1. The predicted molar refractivity (Wildman–Crippen MR) is 115 cm³/mol. The van der Waals surface area contributed by atoms with Crippen LogP contribution in [0.25, 0.3) is 0 Å². The number of Topliss-reactive ketones (excluding diaryl/α,β-unsaturated/α-hetero) is 1. The summed E-state index contributed by atoms with van der Waals surface area (Å²) in [4.78, 5) is 66.3. The van der Waals surface area contributed by atoms with Crippen LogP contribution >= 0.6 is 35.1 Å². The van der Waals surface area contributed by atoms with Gasteiger partial charge in [-0.05, 0) is 17.7 Å². The summed E-state index contributed by atoms with van der Waals surface area (Å²) in [5.74, 6) is -3.84. The normalized spacial score (nSPS) is 20.4. The number of oxime groups is 1. The van der Waals surface area contributed by atoms with Gasteiger partial charge >= 0.3 is 5.97 Å². The number of rotatable bonds is 9. The van der Waals surface area contributed by atoms with Gasteiger partial charge in [0.05, 0.1) is 12.1 Å². The molecule has 2 atom stereocenters. The number of halogens is 1. The van der Waals surface area contributed by atoms with Crippen molar-refractivity contribution in [1.82, 2.24) is 10.2 Å². The molecule has 3 rings (SSSR count). The van der Waals surface area contributed by atoms with Crippen LogP contribution in [0.1, 0.15) is 10.6 Å². The molecule has 1 unspecified atom stereocenters. The molecule has 1 aromatic heterocycles. The molecule has 2 aliphatic heterocycles. The van der Waals surface area contributed by atoms with Crippen LogP contribution in [-0.4, -0.2) is 80.3 Å². The largest absolute Gasteiger partial charge is 0.477 e. The van der Waals surface area contributed by atoms with E-state index in [0.717, 1.165) is 23.8 Å². The zero-order valence-corrected chi connectivity index (χ0v) is 18.8. The maximum atomic E-state index is 12.7. The monoisotopic (exact) mass is 501 g/mol. The Labute approximate surface area is 194 Å². The summed E-state index contributed by atoms with van der Waals surface area (Å²) < 4.78 is 5.02. The summed E-state index contributed by atoms with van der Waals surface area (Å²) in [6.45, 7) is 0. The fourth-order valence-electron chi connectivity index (χ4n) is 3.00. The minimum atomic E-state index is -1.33. The van der Waals surface area contributed by atoms with Crippen molar-refractivity contribution in [2.75, 3.05) is 24.5 Å². The topological polar surface area (TPSA) is 156 Å². The minimum absolute atomic E-state index is 0.0521. The SMILES string of the molecule is CON=C(C(=O)CCl)C(=O)NC1C(=O)N2C(C(=O)O)=C(CSC(=O)c3ccco3)CS[C@H]12. The lowest BCUT2D eigenvalue weighted by molar-refractivity contribution is -0.150. The van der Waals surface area contributed by atoms with Gasteiger partial charge in [-0.3, -0.25) is 24.1 Å². The average molecular weight is 502 g/mol. The molecule has 0 aliphatic carbocycles. The smallest absolute Gasteiger partial charge is 0.352 e. The third-order valence-corrected chi connectivity index (χ3v) is 6.96. The Balaban J connectivity index is 1.73. The molecule has 0 bridgehead atoms. The molecule has 3 heterocycles.